The zero-order valence-electron chi connectivity index (χ0n) is 14.5. The minimum Gasteiger partial charge on any atom is -0.298 e. The molecule has 0 radical (unpaired) electrons. The van der Waals surface area contributed by atoms with Crippen LogP contribution in [0.15, 0.2) is 78.9 Å². The summed E-state index contributed by atoms with van der Waals surface area (Å²) in [4.78, 5) is 17.8. The minimum atomic E-state index is -0.916. The Kier molecular flexibility index (Phi) is 4.95. The summed E-state index contributed by atoms with van der Waals surface area (Å²) in [6.07, 6.45) is 0. The van der Waals surface area contributed by atoms with E-state index in [1.54, 1.807) is 0 Å². The predicted octanol–water partition coefficient (Wildman–Crippen LogP) is 6.01. The van der Waals surface area contributed by atoms with Crippen LogP contribution in [-0.2, 0) is 0 Å². The molecule has 0 bridgehead atoms. The molecule has 0 saturated carbocycles. The van der Waals surface area contributed by atoms with Gasteiger partial charge >= 0.3 is 0 Å². The van der Waals surface area contributed by atoms with Crippen LogP contribution in [0.1, 0.15) is 10.4 Å². The highest BCUT2D eigenvalue weighted by Gasteiger charge is 2.20. The fourth-order valence-corrected chi connectivity index (χ4v) is 3.81. The second-order valence-corrected chi connectivity index (χ2v) is 6.98. The lowest BCUT2D eigenvalue weighted by Gasteiger charge is -2.04. The molecule has 138 valence electrons. The van der Waals surface area contributed by atoms with Crippen molar-refractivity contribution in [1.82, 2.24) is 4.98 Å². The number of nitrogens with one attached hydrogen (secondary N) is 1. The molecule has 4 aromatic rings. The maximum atomic E-state index is 13.9. The van der Waals surface area contributed by atoms with Crippen LogP contribution < -0.4 is 5.32 Å². The van der Waals surface area contributed by atoms with Crippen LogP contribution in [0.4, 0.5) is 13.9 Å². The molecule has 3 nitrogen and oxygen atoms in total. The molecule has 1 aromatic heterocycles. The van der Waals surface area contributed by atoms with Crippen molar-refractivity contribution in [1.29, 1.82) is 0 Å². The highest BCUT2D eigenvalue weighted by atomic mass is 32.1. The van der Waals surface area contributed by atoms with Gasteiger partial charge < -0.3 is 0 Å². The number of hydrogen-bond donors (Lipinski definition) is 1. The van der Waals surface area contributed by atoms with Crippen LogP contribution >= 0.6 is 11.3 Å². The molecule has 0 aliphatic rings. The standard InChI is InChI=1S/C22H14F2N2OS/c23-16-12-7-13-17(24)18(16)21(27)26-22-25-19(14-8-3-1-4-9-14)20(28-22)15-10-5-2-6-11-15/h1-13H,(H,25,26,27). The Balaban J connectivity index is 1.75. The van der Waals surface area contributed by atoms with Gasteiger partial charge in [0.2, 0.25) is 0 Å². The molecule has 0 unspecified atom stereocenters. The largest absolute Gasteiger partial charge is 0.298 e. The number of thiazole rings is 1. The first-order chi connectivity index (χ1) is 13.6. The van der Waals surface area contributed by atoms with Gasteiger partial charge in [-0.2, -0.15) is 0 Å². The lowest BCUT2D eigenvalue weighted by atomic mass is 10.1. The number of anilines is 1. The minimum absolute atomic E-state index is 0.269. The molecular formula is C22H14F2N2OS. The summed E-state index contributed by atoms with van der Waals surface area (Å²) in [6.45, 7) is 0. The van der Waals surface area contributed by atoms with Crippen LogP contribution in [0.25, 0.3) is 21.7 Å². The van der Waals surface area contributed by atoms with Gasteiger partial charge in [-0.1, -0.05) is 78.1 Å². The third kappa shape index (κ3) is 3.54. The summed E-state index contributed by atoms with van der Waals surface area (Å²) in [5.41, 5.74) is 1.90. The molecular weight excluding hydrogens is 378 g/mol. The van der Waals surface area contributed by atoms with Gasteiger partial charge in [0.25, 0.3) is 5.91 Å². The van der Waals surface area contributed by atoms with Crippen molar-refractivity contribution in [3.8, 4) is 21.7 Å². The predicted molar refractivity (Wildman–Crippen MR) is 107 cm³/mol. The second kappa shape index (κ2) is 7.70. The van der Waals surface area contributed by atoms with Crippen molar-refractivity contribution in [3.63, 3.8) is 0 Å². The Morgan fingerprint density at radius 3 is 1.96 bits per heavy atom. The van der Waals surface area contributed by atoms with Crippen molar-refractivity contribution in [2.24, 2.45) is 0 Å². The monoisotopic (exact) mass is 392 g/mol. The fourth-order valence-electron chi connectivity index (χ4n) is 2.82. The number of amides is 1. The number of hydrogen-bond acceptors (Lipinski definition) is 3. The van der Waals surface area contributed by atoms with E-state index in [9.17, 15) is 13.6 Å². The molecule has 1 N–H and O–H groups in total. The summed E-state index contributed by atoms with van der Waals surface area (Å²) in [5, 5.41) is 2.80. The Morgan fingerprint density at radius 1 is 0.786 bits per heavy atom. The molecule has 0 spiro atoms. The van der Waals surface area contributed by atoms with E-state index in [1.807, 2.05) is 60.7 Å². The van der Waals surface area contributed by atoms with E-state index >= 15 is 0 Å². The number of carbonyl (C=O) groups is 1. The molecule has 0 aliphatic heterocycles. The first-order valence-electron chi connectivity index (χ1n) is 8.50. The van der Waals surface area contributed by atoms with Gasteiger partial charge in [-0.05, 0) is 17.7 Å². The topological polar surface area (TPSA) is 42.0 Å². The molecule has 0 fully saturated rings. The first kappa shape index (κ1) is 18.0. The van der Waals surface area contributed by atoms with Gasteiger partial charge in [0.15, 0.2) is 5.13 Å². The smallest absolute Gasteiger partial charge is 0.263 e. The average molecular weight is 392 g/mol. The third-order valence-electron chi connectivity index (χ3n) is 4.12. The molecule has 0 saturated heterocycles. The fraction of sp³-hybridized carbons (Fsp3) is 0. The van der Waals surface area contributed by atoms with E-state index < -0.39 is 23.1 Å². The van der Waals surface area contributed by atoms with E-state index in [1.165, 1.54) is 17.4 Å². The number of carbonyl (C=O) groups excluding carboxylic acids is 1. The second-order valence-electron chi connectivity index (χ2n) is 5.98. The summed E-state index contributed by atoms with van der Waals surface area (Å²) in [5.74, 6) is -2.70. The van der Waals surface area contributed by atoms with Crippen molar-refractivity contribution < 1.29 is 13.6 Å². The Hall–Kier alpha value is -3.38. The summed E-state index contributed by atoms with van der Waals surface area (Å²) >= 11 is 1.25. The molecule has 0 atom stereocenters. The maximum absolute atomic E-state index is 13.9. The molecule has 3 aromatic carbocycles. The molecule has 28 heavy (non-hydrogen) atoms. The van der Waals surface area contributed by atoms with E-state index in [4.69, 9.17) is 0 Å². The van der Waals surface area contributed by atoms with E-state index in [2.05, 4.69) is 10.3 Å². The summed E-state index contributed by atoms with van der Waals surface area (Å²) < 4.78 is 27.8. The van der Waals surface area contributed by atoms with Crippen LogP contribution in [-0.4, -0.2) is 10.9 Å². The number of nitrogens with zero attached hydrogens (tertiary/aromatic N) is 1. The number of rotatable bonds is 4. The number of aromatic nitrogens is 1. The lowest BCUT2D eigenvalue weighted by molar-refractivity contribution is 0.101. The van der Waals surface area contributed by atoms with Crippen LogP contribution in [0.3, 0.4) is 0 Å². The number of benzene rings is 3. The van der Waals surface area contributed by atoms with E-state index in [0.717, 1.165) is 28.1 Å². The van der Waals surface area contributed by atoms with Gasteiger partial charge in [-0.25, -0.2) is 13.8 Å². The van der Waals surface area contributed by atoms with Crippen molar-refractivity contribution in [3.05, 3.63) is 96.1 Å². The SMILES string of the molecule is O=C(Nc1nc(-c2ccccc2)c(-c2ccccc2)s1)c1c(F)cccc1F. The molecule has 0 aliphatic carbocycles. The normalized spacial score (nSPS) is 10.6. The zero-order valence-corrected chi connectivity index (χ0v) is 15.3. The van der Waals surface area contributed by atoms with E-state index in [-0.39, 0.29) is 5.13 Å². The van der Waals surface area contributed by atoms with Crippen molar-refractivity contribution >= 4 is 22.4 Å². The Bertz CT molecular complexity index is 1050. The van der Waals surface area contributed by atoms with Crippen LogP contribution in [0.2, 0.25) is 0 Å². The molecule has 6 heteroatoms. The highest BCUT2D eigenvalue weighted by Crippen LogP contribution is 2.39. The Morgan fingerprint density at radius 2 is 1.36 bits per heavy atom. The van der Waals surface area contributed by atoms with Gasteiger partial charge in [0.05, 0.1) is 10.6 Å². The van der Waals surface area contributed by atoms with Gasteiger partial charge in [0, 0.05) is 5.56 Å². The number of halogens is 2. The maximum Gasteiger partial charge on any atom is 0.263 e. The van der Waals surface area contributed by atoms with Crippen LogP contribution in [0, 0.1) is 11.6 Å². The summed E-state index contributed by atoms with van der Waals surface area (Å²) in [6, 6.07) is 22.5. The molecule has 1 heterocycles. The summed E-state index contributed by atoms with van der Waals surface area (Å²) in [7, 11) is 0. The molecule has 4 rings (SSSR count). The van der Waals surface area contributed by atoms with Crippen molar-refractivity contribution in [2.45, 2.75) is 0 Å². The molecule has 1 amide bonds. The Labute approximate surface area is 164 Å². The third-order valence-corrected chi connectivity index (χ3v) is 5.14. The first-order valence-corrected chi connectivity index (χ1v) is 9.32. The van der Waals surface area contributed by atoms with Crippen molar-refractivity contribution in [2.75, 3.05) is 5.32 Å². The van der Waals surface area contributed by atoms with Gasteiger partial charge in [0.1, 0.15) is 17.2 Å². The van der Waals surface area contributed by atoms with Crippen LogP contribution in [0.5, 0.6) is 0 Å². The quantitative estimate of drug-likeness (QED) is 0.462. The average Bonchev–Trinajstić information content (AvgIpc) is 3.13. The zero-order chi connectivity index (χ0) is 19.5. The highest BCUT2D eigenvalue weighted by molar-refractivity contribution is 7.19. The lowest BCUT2D eigenvalue weighted by Crippen LogP contribution is -2.15. The van der Waals surface area contributed by atoms with E-state index in [0.29, 0.717) is 5.69 Å². The van der Waals surface area contributed by atoms with Gasteiger partial charge in [-0.3, -0.25) is 10.1 Å². The van der Waals surface area contributed by atoms with Gasteiger partial charge in [-0.15, -0.1) is 0 Å².